The predicted octanol–water partition coefficient (Wildman–Crippen LogP) is 6.03. The lowest BCUT2D eigenvalue weighted by Gasteiger charge is -2.21. The van der Waals surface area contributed by atoms with Gasteiger partial charge in [-0.1, -0.05) is 41.0 Å². The molecule has 0 bridgehead atoms. The van der Waals surface area contributed by atoms with E-state index in [1.54, 1.807) is 11.8 Å². The Hall–Kier alpha value is -0.670. The minimum Gasteiger partial charge on any atom is -0.308 e. The number of halogens is 2. The van der Waals surface area contributed by atoms with Crippen LogP contribution in [0.25, 0.3) is 0 Å². The Kier molecular flexibility index (Phi) is 5.61. The number of rotatable bonds is 4. The monoisotopic (exact) mass is 339 g/mol. The molecule has 0 fully saturated rings. The summed E-state index contributed by atoms with van der Waals surface area (Å²) < 4.78 is 0. The molecule has 0 aromatic heterocycles. The van der Waals surface area contributed by atoms with Crippen molar-refractivity contribution in [1.82, 2.24) is 5.32 Å². The lowest BCUT2D eigenvalue weighted by atomic mass is 10.1. The van der Waals surface area contributed by atoms with Crippen LogP contribution >= 0.6 is 35.0 Å². The zero-order chi connectivity index (χ0) is 15.5. The number of hydrogen-bond acceptors (Lipinski definition) is 2. The fourth-order valence-corrected chi connectivity index (χ4v) is 3.24. The Morgan fingerprint density at radius 1 is 1.00 bits per heavy atom. The summed E-state index contributed by atoms with van der Waals surface area (Å²) in [6.07, 6.45) is 0. The largest absolute Gasteiger partial charge is 0.308 e. The summed E-state index contributed by atoms with van der Waals surface area (Å²) >= 11 is 13.9. The zero-order valence-corrected chi connectivity index (χ0v) is 14.7. The van der Waals surface area contributed by atoms with Gasteiger partial charge in [0.25, 0.3) is 0 Å². The molecule has 112 valence electrons. The van der Waals surface area contributed by atoms with E-state index in [9.17, 15) is 0 Å². The molecule has 1 nitrogen and oxygen atoms in total. The van der Waals surface area contributed by atoms with Crippen molar-refractivity contribution >= 4 is 35.0 Å². The van der Waals surface area contributed by atoms with Crippen LogP contribution < -0.4 is 5.32 Å². The molecule has 0 saturated heterocycles. The van der Waals surface area contributed by atoms with E-state index in [-0.39, 0.29) is 5.54 Å². The van der Waals surface area contributed by atoms with Crippen LogP contribution in [0, 0.1) is 0 Å². The van der Waals surface area contributed by atoms with Crippen LogP contribution in [0.5, 0.6) is 0 Å². The summed E-state index contributed by atoms with van der Waals surface area (Å²) in [7, 11) is 0. The first kappa shape index (κ1) is 16.7. The Bertz CT molecular complexity index is 620. The van der Waals surface area contributed by atoms with Crippen LogP contribution in [-0.4, -0.2) is 5.54 Å². The van der Waals surface area contributed by atoms with Crippen molar-refractivity contribution in [3.05, 3.63) is 58.1 Å². The zero-order valence-electron chi connectivity index (χ0n) is 12.4. The van der Waals surface area contributed by atoms with E-state index in [2.05, 4.69) is 38.2 Å². The third kappa shape index (κ3) is 5.55. The highest BCUT2D eigenvalue weighted by Crippen LogP contribution is 2.33. The number of hydrogen-bond donors (Lipinski definition) is 1. The molecule has 0 aliphatic rings. The highest BCUT2D eigenvalue weighted by atomic mass is 35.5. The average Bonchev–Trinajstić information content (AvgIpc) is 2.38. The van der Waals surface area contributed by atoms with Gasteiger partial charge in [-0.2, -0.15) is 0 Å². The van der Waals surface area contributed by atoms with E-state index in [0.29, 0.717) is 0 Å². The minimum absolute atomic E-state index is 0.0698. The van der Waals surface area contributed by atoms with Crippen LogP contribution in [0.15, 0.2) is 52.3 Å². The van der Waals surface area contributed by atoms with Crippen molar-refractivity contribution < 1.29 is 0 Å². The van der Waals surface area contributed by atoms with Gasteiger partial charge in [0.15, 0.2) is 0 Å². The second-order valence-corrected chi connectivity index (χ2v) is 7.90. The SMILES string of the molecule is CC(C)(C)NCc1cc(Cl)ccc1Sc1cccc(Cl)c1. The van der Waals surface area contributed by atoms with Gasteiger partial charge in [0.1, 0.15) is 0 Å². The molecule has 0 atom stereocenters. The maximum atomic E-state index is 6.14. The molecule has 0 heterocycles. The second kappa shape index (κ2) is 7.06. The van der Waals surface area contributed by atoms with Gasteiger partial charge in [-0.05, 0) is 62.7 Å². The van der Waals surface area contributed by atoms with Crippen molar-refractivity contribution in [1.29, 1.82) is 0 Å². The third-order valence-corrected chi connectivity index (χ3v) is 4.43. The molecule has 2 aromatic carbocycles. The van der Waals surface area contributed by atoms with E-state index in [4.69, 9.17) is 23.2 Å². The van der Waals surface area contributed by atoms with E-state index in [1.165, 1.54) is 10.5 Å². The van der Waals surface area contributed by atoms with Crippen LogP contribution in [0.1, 0.15) is 26.3 Å². The predicted molar refractivity (Wildman–Crippen MR) is 93.6 cm³/mol. The van der Waals surface area contributed by atoms with Gasteiger partial charge in [-0.15, -0.1) is 0 Å². The highest BCUT2D eigenvalue weighted by Gasteiger charge is 2.11. The summed E-state index contributed by atoms with van der Waals surface area (Å²) in [6, 6.07) is 13.9. The standard InChI is InChI=1S/C17H19Cl2NS/c1-17(2,3)20-11-12-9-14(19)7-8-16(12)21-15-6-4-5-13(18)10-15/h4-10,20H,11H2,1-3H3. The lowest BCUT2D eigenvalue weighted by molar-refractivity contribution is 0.422. The molecule has 0 aliphatic heterocycles. The van der Waals surface area contributed by atoms with Crippen LogP contribution in [0.2, 0.25) is 10.0 Å². The first-order valence-corrected chi connectivity index (χ1v) is 8.38. The van der Waals surface area contributed by atoms with Crippen LogP contribution in [0.3, 0.4) is 0 Å². The van der Waals surface area contributed by atoms with Gasteiger partial charge in [-0.3, -0.25) is 0 Å². The summed E-state index contributed by atoms with van der Waals surface area (Å²) in [6.45, 7) is 7.25. The fourth-order valence-electron chi connectivity index (χ4n) is 1.80. The fraction of sp³-hybridized carbons (Fsp3) is 0.294. The minimum atomic E-state index is 0.0698. The first-order chi connectivity index (χ1) is 9.83. The molecule has 2 rings (SSSR count). The van der Waals surface area contributed by atoms with Crippen LogP contribution in [-0.2, 0) is 6.54 Å². The maximum Gasteiger partial charge on any atom is 0.0417 e. The van der Waals surface area contributed by atoms with E-state index in [1.807, 2.05) is 30.3 Å². The topological polar surface area (TPSA) is 12.0 Å². The Morgan fingerprint density at radius 3 is 2.38 bits per heavy atom. The summed E-state index contributed by atoms with van der Waals surface area (Å²) in [5.41, 5.74) is 1.27. The van der Waals surface area contributed by atoms with Gasteiger partial charge in [-0.25, -0.2) is 0 Å². The number of nitrogens with one attached hydrogen (secondary N) is 1. The van der Waals surface area contributed by atoms with Gasteiger partial charge in [0, 0.05) is 31.9 Å². The van der Waals surface area contributed by atoms with Gasteiger partial charge >= 0.3 is 0 Å². The van der Waals surface area contributed by atoms with Crippen molar-refractivity contribution in [2.45, 2.75) is 42.6 Å². The van der Waals surface area contributed by atoms with Crippen molar-refractivity contribution in [2.24, 2.45) is 0 Å². The summed E-state index contributed by atoms with van der Waals surface area (Å²) in [5.74, 6) is 0. The Labute approximate surface area is 141 Å². The quantitative estimate of drug-likeness (QED) is 0.729. The molecule has 0 unspecified atom stereocenters. The molecule has 0 saturated carbocycles. The summed E-state index contributed by atoms with van der Waals surface area (Å²) in [5, 5.41) is 5.02. The molecule has 0 radical (unpaired) electrons. The molecule has 1 N–H and O–H groups in total. The highest BCUT2D eigenvalue weighted by molar-refractivity contribution is 7.99. The van der Waals surface area contributed by atoms with Gasteiger partial charge in [0.05, 0.1) is 0 Å². The van der Waals surface area contributed by atoms with E-state index in [0.717, 1.165) is 21.5 Å². The molecule has 21 heavy (non-hydrogen) atoms. The van der Waals surface area contributed by atoms with Crippen molar-refractivity contribution in [3.8, 4) is 0 Å². The smallest absolute Gasteiger partial charge is 0.0417 e. The molecule has 0 amide bonds. The lowest BCUT2D eigenvalue weighted by Crippen LogP contribution is -2.35. The third-order valence-electron chi connectivity index (χ3n) is 2.86. The molecule has 0 spiro atoms. The Morgan fingerprint density at radius 2 is 1.71 bits per heavy atom. The van der Waals surface area contributed by atoms with Crippen molar-refractivity contribution in [3.63, 3.8) is 0 Å². The molecule has 0 aliphatic carbocycles. The van der Waals surface area contributed by atoms with E-state index < -0.39 is 0 Å². The number of benzene rings is 2. The summed E-state index contributed by atoms with van der Waals surface area (Å²) in [4.78, 5) is 2.32. The maximum absolute atomic E-state index is 6.14. The molecular formula is C17H19Cl2NS. The van der Waals surface area contributed by atoms with Gasteiger partial charge < -0.3 is 5.32 Å². The molecule has 2 aromatic rings. The molecular weight excluding hydrogens is 321 g/mol. The van der Waals surface area contributed by atoms with Gasteiger partial charge in [0.2, 0.25) is 0 Å². The Balaban J connectivity index is 2.22. The second-order valence-electron chi connectivity index (χ2n) is 5.92. The average molecular weight is 340 g/mol. The first-order valence-electron chi connectivity index (χ1n) is 6.80. The molecule has 4 heteroatoms. The van der Waals surface area contributed by atoms with Crippen molar-refractivity contribution in [2.75, 3.05) is 0 Å². The normalized spacial score (nSPS) is 11.7. The van der Waals surface area contributed by atoms with Crippen LogP contribution in [0.4, 0.5) is 0 Å². The van der Waals surface area contributed by atoms with E-state index >= 15 is 0 Å².